The van der Waals surface area contributed by atoms with Crippen molar-refractivity contribution < 1.29 is 4.79 Å². The SMILES string of the molecule is Cc1ccccc1C(C)(NC1CCCCC1)C(N)=O. The molecule has 1 aliphatic carbocycles. The minimum Gasteiger partial charge on any atom is -0.368 e. The van der Waals surface area contributed by atoms with E-state index in [0.717, 1.165) is 24.0 Å². The summed E-state index contributed by atoms with van der Waals surface area (Å²) in [6, 6.07) is 8.37. The number of carbonyl (C=O) groups excluding carboxylic acids is 1. The second-order valence-corrected chi connectivity index (χ2v) is 5.78. The number of hydrogen-bond donors (Lipinski definition) is 2. The molecule has 0 spiro atoms. The van der Waals surface area contributed by atoms with E-state index >= 15 is 0 Å². The number of rotatable bonds is 4. The van der Waals surface area contributed by atoms with Crippen molar-refractivity contribution in [3.63, 3.8) is 0 Å². The maximum Gasteiger partial charge on any atom is 0.242 e. The molecule has 1 aromatic carbocycles. The second-order valence-electron chi connectivity index (χ2n) is 5.78. The molecule has 0 radical (unpaired) electrons. The Labute approximate surface area is 115 Å². The predicted molar refractivity (Wildman–Crippen MR) is 77.7 cm³/mol. The highest BCUT2D eigenvalue weighted by Gasteiger charge is 2.36. The molecule has 0 heterocycles. The Hall–Kier alpha value is -1.35. The van der Waals surface area contributed by atoms with Gasteiger partial charge in [-0.05, 0) is 37.8 Å². The van der Waals surface area contributed by atoms with Crippen LogP contribution in [0.2, 0.25) is 0 Å². The van der Waals surface area contributed by atoms with E-state index in [1.54, 1.807) is 0 Å². The van der Waals surface area contributed by atoms with Crippen LogP contribution in [-0.4, -0.2) is 11.9 Å². The summed E-state index contributed by atoms with van der Waals surface area (Å²) in [5.41, 5.74) is 7.01. The van der Waals surface area contributed by atoms with Gasteiger partial charge in [-0.3, -0.25) is 10.1 Å². The smallest absolute Gasteiger partial charge is 0.242 e. The molecular formula is C16H24N2O. The van der Waals surface area contributed by atoms with Gasteiger partial charge < -0.3 is 5.73 Å². The number of nitrogens with two attached hydrogens (primary N) is 1. The lowest BCUT2D eigenvalue weighted by atomic mass is 9.85. The third-order valence-electron chi connectivity index (χ3n) is 4.27. The molecule has 1 saturated carbocycles. The van der Waals surface area contributed by atoms with E-state index < -0.39 is 5.54 Å². The highest BCUT2D eigenvalue weighted by Crippen LogP contribution is 2.27. The van der Waals surface area contributed by atoms with Crippen molar-refractivity contribution in [2.75, 3.05) is 0 Å². The zero-order valence-electron chi connectivity index (χ0n) is 11.9. The molecular weight excluding hydrogens is 236 g/mol. The van der Waals surface area contributed by atoms with Crippen molar-refractivity contribution in [3.05, 3.63) is 35.4 Å². The zero-order chi connectivity index (χ0) is 13.9. The highest BCUT2D eigenvalue weighted by atomic mass is 16.1. The predicted octanol–water partition coefficient (Wildman–Crippen LogP) is 2.62. The minimum absolute atomic E-state index is 0.299. The van der Waals surface area contributed by atoms with Gasteiger partial charge in [-0.15, -0.1) is 0 Å². The largest absolute Gasteiger partial charge is 0.368 e. The van der Waals surface area contributed by atoms with Gasteiger partial charge in [0.15, 0.2) is 0 Å². The molecule has 0 bridgehead atoms. The Morgan fingerprint density at radius 2 is 1.89 bits per heavy atom. The number of primary amides is 1. The molecule has 0 aliphatic heterocycles. The molecule has 104 valence electrons. The van der Waals surface area contributed by atoms with E-state index in [9.17, 15) is 4.79 Å². The molecule has 1 aromatic rings. The van der Waals surface area contributed by atoms with Crippen LogP contribution in [0.3, 0.4) is 0 Å². The normalized spacial score (nSPS) is 19.9. The Morgan fingerprint density at radius 1 is 1.26 bits per heavy atom. The molecule has 2 rings (SSSR count). The molecule has 0 aromatic heterocycles. The van der Waals surface area contributed by atoms with Gasteiger partial charge in [-0.1, -0.05) is 43.5 Å². The molecule has 3 nitrogen and oxygen atoms in total. The molecule has 1 aliphatic rings. The molecule has 19 heavy (non-hydrogen) atoms. The molecule has 1 atom stereocenters. The number of aryl methyl sites for hydroxylation is 1. The summed E-state index contributed by atoms with van der Waals surface area (Å²) in [6.07, 6.45) is 6.04. The number of benzene rings is 1. The van der Waals surface area contributed by atoms with Gasteiger partial charge in [0.05, 0.1) is 0 Å². The van der Waals surface area contributed by atoms with Gasteiger partial charge in [0.1, 0.15) is 5.54 Å². The maximum absolute atomic E-state index is 12.0. The van der Waals surface area contributed by atoms with Crippen LogP contribution in [0, 0.1) is 6.92 Å². The number of carbonyl (C=O) groups is 1. The fourth-order valence-corrected chi connectivity index (χ4v) is 3.07. The summed E-state index contributed by atoms with van der Waals surface area (Å²) in [5, 5.41) is 3.51. The zero-order valence-corrected chi connectivity index (χ0v) is 11.9. The van der Waals surface area contributed by atoms with Crippen LogP contribution in [0.4, 0.5) is 0 Å². The van der Waals surface area contributed by atoms with Crippen molar-refractivity contribution in [1.82, 2.24) is 5.32 Å². The van der Waals surface area contributed by atoms with Gasteiger partial charge >= 0.3 is 0 Å². The fraction of sp³-hybridized carbons (Fsp3) is 0.562. The lowest BCUT2D eigenvalue weighted by Gasteiger charge is -2.35. The van der Waals surface area contributed by atoms with E-state index in [1.807, 2.05) is 38.1 Å². The minimum atomic E-state index is -0.770. The summed E-state index contributed by atoms with van der Waals surface area (Å²) in [6.45, 7) is 3.94. The number of amides is 1. The van der Waals surface area contributed by atoms with Crippen molar-refractivity contribution in [2.45, 2.75) is 57.5 Å². The molecule has 1 fully saturated rings. The Kier molecular flexibility index (Phi) is 4.25. The molecule has 0 saturated heterocycles. The monoisotopic (exact) mass is 260 g/mol. The molecule has 3 heteroatoms. The van der Waals surface area contributed by atoms with Gasteiger partial charge in [0.2, 0.25) is 5.91 Å². The van der Waals surface area contributed by atoms with E-state index in [2.05, 4.69) is 5.32 Å². The van der Waals surface area contributed by atoms with Crippen molar-refractivity contribution in [3.8, 4) is 0 Å². The van der Waals surface area contributed by atoms with Crippen LogP contribution in [0.25, 0.3) is 0 Å². The van der Waals surface area contributed by atoms with E-state index in [4.69, 9.17) is 5.73 Å². The van der Waals surface area contributed by atoms with Crippen LogP contribution in [0.15, 0.2) is 24.3 Å². The van der Waals surface area contributed by atoms with Gasteiger partial charge in [-0.25, -0.2) is 0 Å². The second kappa shape index (κ2) is 5.74. The van der Waals surface area contributed by atoms with Crippen molar-refractivity contribution in [1.29, 1.82) is 0 Å². The lowest BCUT2D eigenvalue weighted by Crippen LogP contribution is -2.54. The van der Waals surface area contributed by atoms with E-state index in [-0.39, 0.29) is 5.91 Å². The van der Waals surface area contributed by atoms with Gasteiger partial charge in [-0.2, -0.15) is 0 Å². The summed E-state index contributed by atoms with van der Waals surface area (Å²) < 4.78 is 0. The van der Waals surface area contributed by atoms with Crippen LogP contribution >= 0.6 is 0 Å². The van der Waals surface area contributed by atoms with E-state index in [1.165, 1.54) is 19.3 Å². The first kappa shape index (κ1) is 14.1. The maximum atomic E-state index is 12.0. The third-order valence-corrected chi connectivity index (χ3v) is 4.27. The number of hydrogen-bond acceptors (Lipinski definition) is 2. The molecule has 1 amide bonds. The van der Waals surface area contributed by atoms with Gasteiger partial charge in [0, 0.05) is 6.04 Å². The first-order valence-corrected chi connectivity index (χ1v) is 7.18. The average molecular weight is 260 g/mol. The Bertz CT molecular complexity index is 452. The Balaban J connectivity index is 2.27. The van der Waals surface area contributed by atoms with Crippen LogP contribution < -0.4 is 11.1 Å². The first-order chi connectivity index (χ1) is 9.04. The van der Waals surface area contributed by atoms with Crippen LogP contribution in [0.5, 0.6) is 0 Å². The van der Waals surface area contributed by atoms with Gasteiger partial charge in [0.25, 0.3) is 0 Å². The van der Waals surface area contributed by atoms with Crippen molar-refractivity contribution in [2.24, 2.45) is 5.73 Å². The topological polar surface area (TPSA) is 55.1 Å². The Morgan fingerprint density at radius 3 is 2.47 bits per heavy atom. The van der Waals surface area contributed by atoms with Crippen molar-refractivity contribution >= 4 is 5.91 Å². The molecule has 1 unspecified atom stereocenters. The lowest BCUT2D eigenvalue weighted by molar-refractivity contribution is -0.124. The fourth-order valence-electron chi connectivity index (χ4n) is 3.07. The summed E-state index contributed by atoms with van der Waals surface area (Å²) in [4.78, 5) is 12.0. The summed E-state index contributed by atoms with van der Waals surface area (Å²) >= 11 is 0. The van der Waals surface area contributed by atoms with Crippen LogP contribution in [0.1, 0.15) is 50.2 Å². The third kappa shape index (κ3) is 2.98. The summed E-state index contributed by atoms with van der Waals surface area (Å²) in [5.74, 6) is -0.299. The standard InChI is InChI=1S/C16H24N2O/c1-12-8-6-7-11-14(12)16(2,15(17)19)18-13-9-4-3-5-10-13/h6-8,11,13,18H,3-5,9-10H2,1-2H3,(H2,17,19). The average Bonchev–Trinajstić information content (AvgIpc) is 2.40. The van der Waals surface area contributed by atoms with Crippen LogP contribution in [-0.2, 0) is 10.3 Å². The molecule has 3 N–H and O–H groups in total. The highest BCUT2D eigenvalue weighted by molar-refractivity contribution is 5.86. The first-order valence-electron chi connectivity index (χ1n) is 7.18. The summed E-state index contributed by atoms with van der Waals surface area (Å²) in [7, 11) is 0. The van der Waals surface area contributed by atoms with E-state index in [0.29, 0.717) is 6.04 Å². The number of nitrogens with one attached hydrogen (secondary N) is 1. The quantitative estimate of drug-likeness (QED) is 0.874.